The lowest BCUT2D eigenvalue weighted by molar-refractivity contribution is 0.0946. The molecule has 3 heterocycles. The molecule has 2 aliphatic rings. The molecule has 32 heavy (non-hydrogen) atoms. The SMILES string of the molecule is NC1=NC(c2c(Cl)cc3c4c(cccc24)COC3)=CN(SCCNC(=O)c2ncc[nH]2)N1. The highest BCUT2D eigenvalue weighted by atomic mass is 35.5. The first-order chi connectivity index (χ1) is 15.6. The van der Waals surface area contributed by atoms with Crippen molar-refractivity contribution in [2.75, 3.05) is 12.3 Å². The number of benzene rings is 2. The summed E-state index contributed by atoms with van der Waals surface area (Å²) >= 11 is 8.14. The van der Waals surface area contributed by atoms with E-state index in [-0.39, 0.29) is 17.7 Å². The van der Waals surface area contributed by atoms with Crippen LogP contribution < -0.4 is 16.5 Å². The summed E-state index contributed by atoms with van der Waals surface area (Å²) < 4.78 is 7.45. The zero-order valence-electron chi connectivity index (χ0n) is 16.9. The summed E-state index contributed by atoms with van der Waals surface area (Å²) in [7, 11) is 0. The van der Waals surface area contributed by atoms with Crippen molar-refractivity contribution in [2.24, 2.45) is 10.7 Å². The molecule has 0 radical (unpaired) electrons. The third-order valence-electron chi connectivity index (χ3n) is 5.09. The predicted molar refractivity (Wildman–Crippen MR) is 125 cm³/mol. The second-order valence-corrected chi connectivity index (χ2v) is 8.67. The van der Waals surface area contributed by atoms with Crippen molar-refractivity contribution in [1.29, 1.82) is 0 Å². The van der Waals surface area contributed by atoms with Crippen molar-refractivity contribution < 1.29 is 9.53 Å². The Morgan fingerprint density at radius 1 is 1.34 bits per heavy atom. The minimum absolute atomic E-state index is 0.251. The summed E-state index contributed by atoms with van der Waals surface area (Å²) in [6.45, 7) is 1.55. The van der Waals surface area contributed by atoms with Gasteiger partial charge in [0.1, 0.15) is 0 Å². The number of nitrogens with zero attached hydrogens (tertiary/aromatic N) is 3. The number of H-pyrrole nitrogens is 1. The number of hydrazine groups is 1. The van der Waals surface area contributed by atoms with E-state index < -0.39 is 0 Å². The first-order valence-electron chi connectivity index (χ1n) is 9.93. The van der Waals surface area contributed by atoms with Gasteiger partial charge in [0, 0.05) is 30.3 Å². The van der Waals surface area contributed by atoms with E-state index in [1.54, 1.807) is 10.6 Å². The molecule has 0 fully saturated rings. The fourth-order valence-electron chi connectivity index (χ4n) is 3.79. The second-order valence-electron chi connectivity index (χ2n) is 7.20. The zero-order chi connectivity index (χ0) is 22.1. The van der Waals surface area contributed by atoms with Gasteiger partial charge in [0.05, 0.1) is 30.1 Å². The van der Waals surface area contributed by atoms with Gasteiger partial charge in [-0.05, 0) is 39.9 Å². The first kappa shape index (κ1) is 20.7. The number of nitrogens with one attached hydrogen (secondary N) is 3. The number of aromatic amines is 1. The van der Waals surface area contributed by atoms with Crippen molar-refractivity contribution in [3.8, 4) is 0 Å². The van der Waals surface area contributed by atoms with Crippen LogP contribution in [0.4, 0.5) is 0 Å². The molecule has 0 atom stereocenters. The van der Waals surface area contributed by atoms with Crippen LogP contribution in [0.2, 0.25) is 5.02 Å². The Morgan fingerprint density at radius 3 is 3.06 bits per heavy atom. The van der Waals surface area contributed by atoms with Crippen molar-refractivity contribution >= 4 is 51.9 Å². The highest BCUT2D eigenvalue weighted by Gasteiger charge is 2.22. The van der Waals surface area contributed by atoms with Gasteiger partial charge in [0.2, 0.25) is 5.96 Å². The molecule has 5 rings (SSSR count). The van der Waals surface area contributed by atoms with Crippen LogP contribution in [0, 0.1) is 0 Å². The Kier molecular flexibility index (Phi) is 5.64. The summed E-state index contributed by atoms with van der Waals surface area (Å²) in [6, 6.07) is 8.05. The first-order valence-corrected chi connectivity index (χ1v) is 11.3. The number of hydrogen-bond acceptors (Lipinski definition) is 8. The van der Waals surface area contributed by atoms with E-state index in [4.69, 9.17) is 22.1 Å². The Balaban J connectivity index is 1.36. The van der Waals surface area contributed by atoms with E-state index >= 15 is 0 Å². The Morgan fingerprint density at radius 2 is 2.22 bits per heavy atom. The van der Waals surface area contributed by atoms with Crippen LogP contribution in [0.5, 0.6) is 0 Å². The molecule has 5 N–H and O–H groups in total. The van der Waals surface area contributed by atoms with Crippen LogP contribution in [0.15, 0.2) is 47.9 Å². The molecule has 0 aliphatic carbocycles. The molecule has 0 saturated carbocycles. The third-order valence-corrected chi connectivity index (χ3v) is 6.25. The standard InChI is InChI=1S/C21H20ClN7O2S/c22-15-8-13-11-31-10-12-2-1-3-14(17(12)13)18(15)16-9-29(28-21(23)27-16)32-7-6-26-20(30)19-24-4-5-25-19/h1-5,8-9H,6-7,10-11H2,(H,24,25)(H,26,30)(H3,23,27,28). The number of carbonyl (C=O) groups is 1. The Hall–Kier alpha value is -3.21. The van der Waals surface area contributed by atoms with Crippen LogP contribution in [0.3, 0.4) is 0 Å². The molecule has 3 aromatic rings. The van der Waals surface area contributed by atoms with Gasteiger partial charge in [-0.1, -0.05) is 29.8 Å². The number of hydrogen-bond donors (Lipinski definition) is 4. The minimum atomic E-state index is -0.251. The summed E-state index contributed by atoms with van der Waals surface area (Å²) in [5, 5.41) is 5.59. The number of aromatic nitrogens is 2. The lowest BCUT2D eigenvalue weighted by atomic mass is 9.93. The lowest BCUT2D eigenvalue weighted by Gasteiger charge is -2.26. The molecule has 2 aromatic carbocycles. The minimum Gasteiger partial charge on any atom is -0.372 e. The normalized spacial score (nSPS) is 15.2. The van der Waals surface area contributed by atoms with Crippen molar-refractivity contribution in [1.82, 2.24) is 25.1 Å². The molecular formula is C21H20ClN7O2S. The number of carbonyl (C=O) groups excluding carboxylic acids is 1. The molecule has 164 valence electrons. The quantitative estimate of drug-likeness (QED) is 0.323. The number of ether oxygens (including phenoxy) is 1. The van der Waals surface area contributed by atoms with Gasteiger partial charge in [0.15, 0.2) is 5.82 Å². The van der Waals surface area contributed by atoms with E-state index in [2.05, 4.69) is 31.8 Å². The molecule has 9 nitrogen and oxygen atoms in total. The van der Waals surface area contributed by atoms with Gasteiger partial charge >= 0.3 is 0 Å². The summed E-state index contributed by atoms with van der Waals surface area (Å²) in [5.74, 6) is 0.895. The van der Waals surface area contributed by atoms with Crippen molar-refractivity contribution in [2.45, 2.75) is 13.2 Å². The molecule has 1 aromatic heterocycles. The summed E-state index contributed by atoms with van der Waals surface area (Å²) in [6.07, 6.45) is 5.00. The van der Waals surface area contributed by atoms with Crippen molar-refractivity contribution in [3.05, 3.63) is 70.4 Å². The van der Waals surface area contributed by atoms with Gasteiger partial charge in [-0.2, -0.15) is 0 Å². The largest absolute Gasteiger partial charge is 0.372 e. The number of nitrogens with two attached hydrogens (primary N) is 1. The molecule has 0 spiro atoms. The van der Waals surface area contributed by atoms with Gasteiger partial charge < -0.3 is 20.8 Å². The monoisotopic (exact) mass is 469 g/mol. The van der Waals surface area contributed by atoms with Crippen molar-refractivity contribution in [3.63, 3.8) is 0 Å². The number of aliphatic imine (C=N–C) groups is 1. The fourth-order valence-corrected chi connectivity index (χ4v) is 4.84. The molecule has 0 unspecified atom stereocenters. The maximum absolute atomic E-state index is 12.0. The van der Waals surface area contributed by atoms with Crippen LogP contribution >= 0.6 is 23.5 Å². The Labute approximate surface area is 193 Å². The van der Waals surface area contributed by atoms with Crippen LogP contribution in [-0.2, 0) is 18.0 Å². The highest BCUT2D eigenvalue weighted by molar-refractivity contribution is 7.97. The van der Waals surface area contributed by atoms with E-state index in [1.807, 2.05) is 24.4 Å². The lowest BCUT2D eigenvalue weighted by Crippen LogP contribution is -2.42. The van der Waals surface area contributed by atoms with Gasteiger partial charge in [-0.3, -0.25) is 10.2 Å². The maximum atomic E-state index is 12.0. The molecule has 0 bridgehead atoms. The maximum Gasteiger partial charge on any atom is 0.287 e. The average molecular weight is 470 g/mol. The van der Waals surface area contributed by atoms with E-state index in [0.717, 1.165) is 27.5 Å². The molecule has 11 heteroatoms. The Bertz CT molecular complexity index is 1240. The van der Waals surface area contributed by atoms with Crippen LogP contribution in [0.1, 0.15) is 27.3 Å². The topological polar surface area (TPSA) is 121 Å². The van der Waals surface area contributed by atoms with Crippen LogP contribution in [0.25, 0.3) is 16.5 Å². The zero-order valence-corrected chi connectivity index (χ0v) is 18.5. The fraction of sp³-hybridized carbons (Fsp3) is 0.190. The smallest absolute Gasteiger partial charge is 0.287 e. The van der Waals surface area contributed by atoms with Crippen LogP contribution in [-0.4, -0.2) is 38.5 Å². The third kappa shape index (κ3) is 3.99. The van der Waals surface area contributed by atoms with E-state index in [0.29, 0.717) is 36.2 Å². The average Bonchev–Trinajstić information content (AvgIpc) is 3.32. The van der Waals surface area contributed by atoms with Gasteiger partial charge in [-0.25, -0.2) is 14.4 Å². The van der Waals surface area contributed by atoms with E-state index in [1.165, 1.54) is 18.1 Å². The number of amides is 1. The highest BCUT2D eigenvalue weighted by Crippen LogP contribution is 2.39. The second kappa shape index (κ2) is 8.73. The predicted octanol–water partition coefficient (Wildman–Crippen LogP) is 2.76. The molecule has 1 amide bonds. The van der Waals surface area contributed by atoms with E-state index in [9.17, 15) is 4.79 Å². The number of guanidine groups is 1. The number of rotatable bonds is 6. The molecular weight excluding hydrogens is 450 g/mol. The molecule has 2 aliphatic heterocycles. The van der Waals surface area contributed by atoms with Gasteiger partial charge in [-0.15, -0.1) is 0 Å². The number of imidazole rings is 1. The molecule has 0 saturated heterocycles. The summed E-state index contributed by atoms with van der Waals surface area (Å²) in [5.41, 5.74) is 12.7. The number of halogens is 1. The van der Waals surface area contributed by atoms with Gasteiger partial charge in [0.25, 0.3) is 5.91 Å². The summed E-state index contributed by atoms with van der Waals surface area (Å²) in [4.78, 5) is 23.2.